The number of fused-ring (bicyclic) bond motifs is 1. The Kier molecular flexibility index (Phi) is 8.29. The van der Waals surface area contributed by atoms with E-state index in [2.05, 4.69) is 25.4 Å². The molecule has 178 valence electrons. The number of aliphatic hydroxyl groups is 1. The van der Waals surface area contributed by atoms with Gasteiger partial charge >= 0.3 is 5.97 Å². The number of carbonyl (C=O) groups excluding carboxylic acids is 1. The minimum Gasteiger partial charge on any atom is -0.465 e. The molecule has 1 aromatic carbocycles. The number of esters is 1. The van der Waals surface area contributed by atoms with Crippen LogP contribution in [-0.2, 0) is 22.6 Å². The van der Waals surface area contributed by atoms with Crippen LogP contribution in [0.15, 0.2) is 29.1 Å². The Bertz CT molecular complexity index is 1140. The first-order chi connectivity index (χ1) is 15.8. The van der Waals surface area contributed by atoms with E-state index >= 15 is 0 Å². The first kappa shape index (κ1) is 24.5. The molecule has 2 heterocycles. The van der Waals surface area contributed by atoms with Crippen LogP contribution >= 0.6 is 0 Å². The van der Waals surface area contributed by atoms with Gasteiger partial charge in [-0.15, -0.1) is 5.10 Å². The van der Waals surface area contributed by atoms with Crippen LogP contribution in [0, 0.1) is 12.8 Å². The molecule has 2 aromatic heterocycles. The number of ether oxygens (including phenoxy) is 1. The third-order valence-electron chi connectivity index (χ3n) is 5.49. The molecule has 0 saturated carbocycles. The number of aromatic nitrogens is 5. The van der Waals surface area contributed by atoms with Crippen LogP contribution in [0.2, 0.25) is 0 Å². The number of pyridine rings is 1. The summed E-state index contributed by atoms with van der Waals surface area (Å²) in [5, 5.41) is 22.4. The molecule has 10 heteroatoms. The van der Waals surface area contributed by atoms with Gasteiger partial charge in [0.2, 0.25) is 0 Å². The Morgan fingerprint density at radius 3 is 2.79 bits per heavy atom. The number of tetrazole rings is 1. The zero-order valence-corrected chi connectivity index (χ0v) is 19.6. The molecule has 0 radical (unpaired) electrons. The van der Waals surface area contributed by atoms with E-state index in [1.165, 1.54) is 4.68 Å². The van der Waals surface area contributed by atoms with E-state index in [0.29, 0.717) is 30.9 Å². The number of aliphatic hydroxyl groups excluding tert-OH is 1. The molecule has 0 fully saturated rings. The van der Waals surface area contributed by atoms with Crippen molar-refractivity contribution in [2.24, 2.45) is 5.92 Å². The second-order valence-electron chi connectivity index (χ2n) is 8.45. The van der Waals surface area contributed by atoms with Gasteiger partial charge in [-0.1, -0.05) is 25.5 Å². The number of aromatic amines is 1. The SMILES string of the molecule is CCOC(=O)Cn1nnnc1[C@@H](C(C)C)N(CCCO)Cc1cc2cc(C)ccc2[nH]c1=O. The fraction of sp³-hybridized carbons (Fsp3) is 0.522. The van der Waals surface area contributed by atoms with E-state index in [0.717, 1.165) is 16.5 Å². The van der Waals surface area contributed by atoms with Crippen LogP contribution in [0.5, 0.6) is 0 Å². The lowest BCUT2D eigenvalue weighted by Crippen LogP contribution is -2.37. The third kappa shape index (κ3) is 6.02. The summed E-state index contributed by atoms with van der Waals surface area (Å²) in [6.07, 6.45) is 0.521. The second-order valence-corrected chi connectivity index (χ2v) is 8.45. The first-order valence-corrected chi connectivity index (χ1v) is 11.2. The van der Waals surface area contributed by atoms with E-state index in [-0.39, 0.29) is 37.3 Å². The Morgan fingerprint density at radius 2 is 2.09 bits per heavy atom. The second kappa shape index (κ2) is 11.2. The van der Waals surface area contributed by atoms with Crippen LogP contribution in [0.1, 0.15) is 50.2 Å². The summed E-state index contributed by atoms with van der Waals surface area (Å²) in [7, 11) is 0. The summed E-state index contributed by atoms with van der Waals surface area (Å²) in [6, 6.07) is 7.52. The fourth-order valence-corrected chi connectivity index (χ4v) is 4.05. The van der Waals surface area contributed by atoms with Gasteiger partial charge in [-0.25, -0.2) is 4.68 Å². The molecule has 0 bridgehead atoms. The maximum Gasteiger partial charge on any atom is 0.327 e. The quantitative estimate of drug-likeness (QED) is 0.420. The van der Waals surface area contributed by atoms with Crippen molar-refractivity contribution in [3.63, 3.8) is 0 Å². The van der Waals surface area contributed by atoms with Gasteiger partial charge in [-0.2, -0.15) is 0 Å². The molecule has 0 aliphatic heterocycles. The number of carbonyl (C=O) groups is 1. The molecule has 0 spiro atoms. The molecular formula is C23H32N6O4. The van der Waals surface area contributed by atoms with Crippen molar-refractivity contribution in [3.05, 3.63) is 51.6 Å². The van der Waals surface area contributed by atoms with Gasteiger partial charge < -0.3 is 14.8 Å². The van der Waals surface area contributed by atoms with Gasteiger partial charge in [0.25, 0.3) is 5.56 Å². The number of H-pyrrole nitrogens is 1. The van der Waals surface area contributed by atoms with Crippen LogP contribution in [0.3, 0.4) is 0 Å². The van der Waals surface area contributed by atoms with E-state index in [9.17, 15) is 14.7 Å². The number of aryl methyl sites for hydroxylation is 1. The van der Waals surface area contributed by atoms with Crippen molar-refractivity contribution >= 4 is 16.9 Å². The summed E-state index contributed by atoms with van der Waals surface area (Å²) in [4.78, 5) is 30.0. The highest BCUT2D eigenvalue weighted by Crippen LogP contribution is 2.28. The number of nitrogens with zero attached hydrogens (tertiary/aromatic N) is 5. The molecule has 0 aliphatic rings. The number of benzene rings is 1. The minimum absolute atomic E-state index is 0.0162. The highest BCUT2D eigenvalue weighted by Gasteiger charge is 2.30. The first-order valence-electron chi connectivity index (χ1n) is 11.2. The van der Waals surface area contributed by atoms with Crippen molar-refractivity contribution in [2.75, 3.05) is 19.8 Å². The minimum atomic E-state index is -0.420. The average Bonchev–Trinajstić information content (AvgIpc) is 3.20. The molecule has 0 amide bonds. The van der Waals surface area contributed by atoms with Crippen molar-refractivity contribution in [1.29, 1.82) is 0 Å². The zero-order chi connectivity index (χ0) is 24.0. The van der Waals surface area contributed by atoms with E-state index in [4.69, 9.17) is 4.74 Å². The maximum atomic E-state index is 12.9. The molecule has 33 heavy (non-hydrogen) atoms. The Morgan fingerprint density at radius 1 is 1.30 bits per heavy atom. The average molecular weight is 457 g/mol. The summed E-state index contributed by atoms with van der Waals surface area (Å²) in [5.41, 5.74) is 2.35. The molecule has 10 nitrogen and oxygen atoms in total. The van der Waals surface area contributed by atoms with Crippen LogP contribution < -0.4 is 5.56 Å². The molecule has 3 rings (SSSR count). The predicted molar refractivity (Wildman–Crippen MR) is 123 cm³/mol. The van der Waals surface area contributed by atoms with Gasteiger partial charge in [0.1, 0.15) is 6.54 Å². The lowest BCUT2D eigenvalue weighted by molar-refractivity contribution is -0.144. The summed E-state index contributed by atoms with van der Waals surface area (Å²) >= 11 is 0. The van der Waals surface area contributed by atoms with Crippen molar-refractivity contribution < 1.29 is 14.6 Å². The summed E-state index contributed by atoms with van der Waals surface area (Å²) < 4.78 is 6.50. The van der Waals surface area contributed by atoms with Gasteiger partial charge in [0.05, 0.1) is 12.6 Å². The lowest BCUT2D eigenvalue weighted by Gasteiger charge is -2.33. The van der Waals surface area contributed by atoms with Gasteiger partial charge in [0, 0.05) is 30.8 Å². The van der Waals surface area contributed by atoms with E-state index < -0.39 is 5.97 Å². The Hall–Kier alpha value is -3.11. The maximum absolute atomic E-state index is 12.9. The van der Waals surface area contributed by atoms with Crippen LogP contribution in [-0.4, -0.2) is 60.9 Å². The van der Waals surface area contributed by atoms with Crippen molar-refractivity contribution in [2.45, 2.75) is 53.2 Å². The standard InChI is InChI=1S/C23H32N6O4/c1-5-33-20(31)14-29-22(25-26-27-29)21(15(2)3)28(9-6-10-30)13-18-12-17-11-16(4)7-8-19(17)24-23(18)32/h7-8,11-12,15,21,30H,5-6,9-10,13-14H2,1-4H3,(H,24,32)/t21-/m1/s1. The number of hydrogen-bond acceptors (Lipinski definition) is 8. The highest BCUT2D eigenvalue weighted by atomic mass is 16.5. The van der Waals surface area contributed by atoms with Crippen LogP contribution in [0.25, 0.3) is 10.9 Å². The largest absolute Gasteiger partial charge is 0.465 e. The molecular weight excluding hydrogens is 424 g/mol. The highest BCUT2D eigenvalue weighted by molar-refractivity contribution is 5.79. The number of nitrogens with one attached hydrogen (secondary N) is 1. The fourth-order valence-electron chi connectivity index (χ4n) is 4.05. The zero-order valence-electron chi connectivity index (χ0n) is 19.6. The number of hydrogen-bond donors (Lipinski definition) is 2. The van der Waals surface area contributed by atoms with E-state index in [1.807, 2.05) is 45.0 Å². The monoisotopic (exact) mass is 456 g/mol. The topological polar surface area (TPSA) is 126 Å². The van der Waals surface area contributed by atoms with Gasteiger partial charge in [0.15, 0.2) is 5.82 Å². The Labute approximate surface area is 192 Å². The van der Waals surface area contributed by atoms with Gasteiger partial charge in [-0.3, -0.25) is 14.5 Å². The normalized spacial score (nSPS) is 12.6. The molecule has 0 saturated heterocycles. The van der Waals surface area contributed by atoms with E-state index in [1.54, 1.807) is 6.92 Å². The summed E-state index contributed by atoms with van der Waals surface area (Å²) in [6.45, 7) is 8.89. The number of rotatable bonds is 11. The van der Waals surface area contributed by atoms with Crippen molar-refractivity contribution in [1.82, 2.24) is 30.1 Å². The molecule has 0 aliphatic carbocycles. The molecule has 0 unspecified atom stereocenters. The predicted octanol–water partition coefficient (Wildman–Crippen LogP) is 1.97. The smallest absolute Gasteiger partial charge is 0.327 e. The molecule has 3 aromatic rings. The summed E-state index contributed by atoms with van der Waals surface area (Å²) in [5.74, 6) is 0.165. The molecule has 1 atom stereocenters. The Balaban J connectivity index is 1.98. The third-order valence-corrected chi connectivity index (χ3v) is 5.49. The van der Waals surface area contributed by atoms with Crippen molar-refractivity contribution in [3.8, 4) is 0 Å². The van der Waals surface area contributed by atoms with Gasteiger partial charge in [-0.05, 0) is 60.2 Å². The van der Waals surface area contributed by atoms with Crippen LogP contribution in [0.4, 0.5) is 0 Å². The lowest BCUT2D eigenvalue weighted by atomic mass is 10.00. The molecule has 2 N–H and O–H groups in total.